The number of carbonyl (C=O) groups excluding carboxylic acids is 1. The van der Waals surface area contributed by atoms with Crippen LogP contribution in [0.25, 0.3) is 10.9 Å². The second-order valence-electron chi connectivity index (χ2n) is 4.11. The van der Waals surface area contributed by atoms with E-state index in [9.17, 15) is 4.79 Å². The van der Waals surface area contributed by atoms with Crippen LogP contribution < -0.4 is 0 Å². The Balaban J connectivity index is 2.07. The highest BCUT2D eigenvalue weighted by atomic mass is 35.5. The monoisotopic (exact) mass is 255 g/mol. The predicted molar refractivity (Wildman–Crippen MR) is 73.2 cm³/mol. The van der Waals surface area contributed by atoms with Crippen LogP contribution in [-0.2, 0) is 0 Å². The molecule has 0 aliphatic heterocycles. The van der Waals surface area contributed by atoms with E-state index in [4.69, 9.17) is 11.6 Å². The van der Waals surface area contributed by atoms with E-state index < -0.39 is 0 Å². The Labute approximate surface area is 109 Å². The van der Waals surface area contributed by atoms with Gasteiger partial charge in [-0.1, -0.05) is 48.0 Å². The quantitative estimate of drug-likeness (QED) is 0.689. The molecule has 2 aromatic carbocycles. The largest absolute Gasteiger partial charge is 0.352 e. The van der Waals surface area contributed by atoms with E-state index in [2.05, 4.69) is 4.98 Å². The summed E-state index contributed by atoms with van der Waals surface area (Å²) in [5, 5.41) is 1.64. The Morgan fingerprint density at radius 2 is 1.78 bits per heavy atom. The second kappa shape index (κ2) is 4.31. The van der Waals surface area contributed by atoms with Crippen molar-refractivity contribution in [2.75, 3.05) is 0 Å². The standard InChI is InChI=1S/C15H10ClNO/c16-12-7-6-11-8-14(17-13(11)9-12)15(18)10-4-2-1-3-5-10/h1-9,17H. The highest BCUT2D eigenvalue weighted by molar-refractivity contribution is 6.31. The lowest BCUT2D eigenvalue weighted by atomic mass is 10.1. The number of rotatable bonds is 2. The Morgan fingerprint density at radius 3 is 2.56 bits per heavy atom. The summed E-state index contributed by atoms with van der Waals surface area (Å²) >= 11 is 5.92. The second-order valence-corrected chi connectivity index (χ2v) is 4.55. The maximum atomic E-state index is 12.2. The molecule has 0 fully saturated rings. The number of H-pyrrole nitrogens is 1. The van der Waals surface area contributed by atoms with E-state index in [1.165, 1.54) is 0 Å². The van der Waals surface area contributed by atoms with Crippen LogP contribution in [0, 0.1) is 0 Å². The summed E-state index contributed by atoms with van der Waals surface area (Å²) in [6, 6.07) is 16.6. The number of benzene rings is 2. The summed E-state index contributed by atoms with van der Waals surface area (Å²) in [5.41, 5.74) is 2.13. The summed E-state index contributed by atoms with van der Waals surface area (Å²) in [6.07, 6.45) is 0. The fourth-order valence-electron chi connectivity index (χ4n) is 1.97. The van der Waals surface area contributed by atoms with Crippen molar-refractivity contribution in [2.45, 2.75) is 0 Å². The smallest absolute Gasteiger partial charge is 0.209 e. The molecule has 0 spiro atoms. The molecule has 0 aliphatic carbocycles. The summed E-state index contributed by atoms with van der Waals surface area (Å²) < 4.78 is 0. The maximum absolute atomic E-state index is 12.2. The van der Waals surface area contributed by atoms with Crippen molar-refractivity contribution in [3.63, 3.8) is 0 Å². The van der Waals surface area contributed by atoms with Crippen LogP contribution >= 0.6 is 11.6 Å². The average Bonchev–Trinajstić information content (AvgIpc) is 2.81. The number of aromatic amines is 1. The molecule has 3 rings (SSSR count). The van der Waals surface area contributed by atoms with Crippen LogP contribution in [0.5, 0.6) is 0 Å². The van der Waals surface area contributed by atoms with Gasteiger partial charge < -0.3 is 4.98 Å². The number of ketones is 1. The van der Waals surface area contributed by atoms with Gasteiger partial charge in [-0.2, -0.15) is 0 Å². The molecule has 1 aromatic heterocycles. The molecule has 0 radical (unpaired) electrons. The minimum Gasteiger partial charge on any atom is -0.352 e. The normalized spacial score (nSPS) is 10.7. The van der Waals surface area contributed by atoms with E-state index in [0.29, 0.717) is 16.3 Å². The van der Waals surface area contributed by atoms with Crippen molar-refractivity contribution in [2.24, 2.45) is 0 Å². The first-order chi connectivity index (χ1) is 8.74. The SMILES string of the molecule is O=C(c1ccccc1)c1cc2ccc(Cl)cc2[nH]1. The van der Waals surface area contributed by atoms with Gasteiger partial charge in [0.25, 0.3) is 0 Å². The van der Waals surface area contributed by atoms with Crippen LogP contribution in [0.1, 0.15) is 16.1 Å². The van der Waals surface area contributed by atoms with Gasteiger partial charge in [0.05, 0.1) is 5.69 Å². The van der Waals surface area contributed by atoms with Crippen molar-refractivity contribution in [3.05, 3.63) is 70.9 Å². The first-order valence-corrected chi connectivity index (χ1v) is 6.00. The molecule has 0 amide bonds. The Hall–Kier alpha value is -2.06. The summed E-state index contributed by atoms with van der Waals surface area (Å²) in [7, 11) is 0. The number of hydrogen-bond acceptors (Lipinski definition) is 1. The van der Waals surface area contributed by atoms with Crippen molar-refractivity contribution >= 4 is 28.3 Å². The summed E-state index contributed by atoms with van der Waals surface area (Å²) in [4.78, 5) is 15.3. The van der Waals surface area contributed by atoms with Crippen LogP contribution in [0.2, 0.25) is 5.02 Å². The number of aromatic nitrogens is 1. The fourth-order valence-corrected chi connectivity index (χ4v) is 2.14. The van der Waals surface area contributed by atoms with Gasteiger partial charge >= 0.3 is 0 Å². The van der Waals surface area contributed by atoms with Crippen molar-refractivity contribution < 1.29 is 4.79 Å². The van der Waals surface area contributed by atoms with Gasteiger partial charge in [0.2, 0.25) is 5.78 Å². The zero-order chi connectivity index (χ0) is 12.5. The molecule has 0 saturated heterocycles. The van der Waals surface area contributed by atoms with Gasteiger partial charge in [-0.05, 0) is 18.2 Å². The molecule has 0 saturated carbocycles. The molecule has 0 bridgehead atoms. The molecule has 1 heterocycles. The van der Waals surface area contributed by atoms with E-state index in [1.54, 1.807) is 12.1 Å². The zero-order valence-electron chi connectivity index (χ0n) is 9.48. The number of halogens is 1. The van der Waals surface area contributed by atoms with Gasteiger partial charge in [0, 0.05) is 21.5 Å². The molecule has 18 heavy (non-hydrogen) atoms. The third-order valence-electron chi connectivity index (χ3n) is 2.87. The Kier molecular flexibility index (Phi) is 2.65. The van der Waals surface area contributed by atoms with Gasteiger partial charge in [0.15, 0.2) is 0 Å². The average molecular weight is 256 g/mol. The lowest BCUT2D eigenvalue weighted by molar-refractivity contribution is 0.103. The van der Waals surface area contributed by atoms with Crippen LogP contribution in [-0.4, -0.2) is 10.8 Å². The summed E-state index contributed by atoms with van der Waals surface area (Å²) in [6.45, 7) is 0. The molecule has 2 nitrogen and oxygen atoms in total. The molecule has 3 aromatic rings. The first kappa shape index (κ1) is 11.1. The lowest BCUT2D eigenvalue weighted by Crippen LogP contribution is -2.00. The highest BCUT2D eigenvalue weighted by Gasteiger charge is 2.11. The fraction of sp³-hybridized carbons (Fsp3) is 0. The number of nitrogens with one attached hydrogen (secondary N) is 1. The van der Waals surface area contributed by atoms with Crippen molar-refractivity contribution in [1.29, 1.82) is 0 Å². The van der Waals surface area contributed by atoms with Crippen molar-refractivity contribution in [3.8, 4) is 0 Å². The number of fused-ring (bicyclic) bond motifs is 1. The van der Waals surface area contributed by atoms with Gasteiger partial charge in [0.1, 0.15) is 0 Å². The maximum Gasteiger partial charge on any atom is 0.209 e. The predicted octanol–water partition coefficient (Wildman–Crippen LogP) is 4.05. The van der Waals surface area contributed by atoms with E-state index in [0.717, 1.165) is 10.9 Å². The van der Waals surface area contributed by atoms with Crippen molar-refractivity contribution in [1.82, 2.24) is 4.98 Å². The van der Waals surface area contributed by atoms with Crippen LogP contribution in [0.4, 0.5) is 0 Å². The lowest BCUT2D eigenvalue weighted by Gasteiger charge is -1.96. The van der Waals surface area contributed by atoms with E-state index in [-0.39, 0.29) is 5.78 Å². The molecule has 88 valence electrons. The van der Waals surface area contributed by atoms with Gasteiger partial charge in [-0.3, -0.25) is 4.79 Å². The number of hydrogen-bond donors (Lipinski definition) is 1. The molecular weight excluding hydrogens is 246 g/mol. The molecular formula is C15H10ClNO. The van der Waals surface area contributed by atoms with Crippen LogP contribution in [0.3, 0.4) is 0 Å². The van der Waals surface area contributed by atoms with Crippen LogP contribution in [0.15, 0.2) is 54.6 Å². The highest BCUT2D eigenvalue weighted by Crippen LogP contribution is 2.21. The third-order valence-corrected chi connectivity index (χ3v) is 3.10. The molecule has 0 aliphatic rings. The topological polar surface area (TPSA) is 32.9 Å². The zero-order valence-corrected chi connectivity index (χ0v) is 10.2. The van der Waals surface area contributed by atoms with E-state index >= 15 is 0 Å². The Morgan fingerprint density at radius 1 is 1.00 bits per heavy atom. The first-order valence-electron chi connectivity index (χ1n) is 5.62. The molecule has 1 N–H and O–H groups in total. The van der Waals surface area contributed by atoms with E-state index in [1.807, 2.05) is 42.5 Å². The number of carbonyl (C=O) groups is 1. The van der Waals surface area contributed by atoms with Gasteiger partial charge in [-0.15, -0.1) is 0 Å². The third kappa shape index (κ3) is 1.91. The molecule has 0 unspecified atom stereocenters. The summed E-state index contributed by atoms with van der Waals surface area (Å²) in [5.74, 6) is -0.0112. The molecule has 3 heteroatoms. The molecule has 0 atom stereocenters. The Bertz CT molecular complexity index is 716. The minimum absolute atomic E-state index is 0.0112. The van der Waals surface area contributed by atoms with Gasteiger partial charge in [-0.25, -0.2) is 0 Å². The minimum atomic E-state index is -0.0112.